The molecule has 3 N–H and O–H groups in total. The van der Waals surface area contributed by atoms with Gasteiger partial charge >= 0.3 is 0 Å². The van der Waals surface area contributed by atoms with Crippen LogP contribution in [0.25, 0.3) is 0 Å². The van der Waals surface area contributed by atoms with Crippen LogP contribution in [0.3, 0.4) is 0 Å². The fourth-order valence-corrected chi connectivity index (χ4v) is 2.36. The first kappa shape index (κ1) is 17.7. The lowest BCUT2D eigenvalue weighted by molar-refractivity contribution is -0.224. The van der Waals surface area contributed by atoms with E-state index >= 15 is 0 Å². The monoisotopic (exact) mass is 300 g/mol. The molecule has 0 aromatic heterocycles. The Kier molecular flexibility index (Phi) is 5.98. The molecule has 0 aromatic carbocycles. The SMILES string of the molecule is COC1=C(O)C(CC=C(C)CO)=C(C)C(O)(OC)C1OC. The molecule has 0 bridgehead atoms. The second-order valence-electron chi connectivity index (χ2n) is 4.95. The average Bonchev–Trinajstić information content (AvgIpc) is 2.49. The topological polar surface area (TPSA) is 88.4 Å². The molecule has 0 aliphatic heterocycles. The van der Waals surface area contributed by atoms with Crippen LogP contribution in [-0.4, -0.2) is 55.1 Å². The van der Waals surface area contributed by atoms with Gasteiger partial charge in [-0.05, 0) is 25.8 Å². The van der Waals surface area contributed by atoms with Crippen molar-refractivity contribution in [3.63, 3.8) is 0 Å². The van der Waals surface area contributed by atoms with Crippen molar-refractivity contribution in [3.05, 3.63) is 34.3 Å². The lowest BCUT2D eigenvalue weighted by Crippen LogP contribution is -2.50. The van der Waals surface area contributed by atoms with Gasteiger partial charge in [0.25, 0.3) is 0 Å². The predicted octanol–water partition coefficient (Wildman–Crippen LogP) is 1.41. The van der Waals surface area contributed by atoms with Crippen LogP contribution in [-0.2, 0) is 14.2 Å². The maximum Gasteiger partial charge on any atom is 0.223 e. The van der Waals surface area contributed by atoms with Crippen LogP contribution in [0.4, 0.5) is 0 Å². The van der Waals surface area contributed by atoms with Crippen molar-refractivity contribution in [2.45, 2.75) is 32.2 Å². The van der Waals surface area contributed by atoms with Crippen molar-refractivity contribution >= 4 is 0 Å². The average molecular weight is 300 g/mol. The van der Waals surface area contributed by atoms with Crippen molar-refractivity contribution in [2.24, 2.45) is 0 Å². The first-order valence-corrected chi connectivity index (χ1v) is 6.61. The maximum atomic E-state index is 10.7. The summed E-state index contributed by atoms with van der Waals surface area (Å²) in [6.07, 6.45) is 1.14. The van der Waals surface area contributed by atoms with E-state index in [4.69, 9.17) is 19.3 Å². The summed E-state index contributed by atoms with van der Waals surface area (Å²) in [4.78, 5) is 0. The van der Waals surface area contributed by atoms with Crippen molar-refractivity contribution in [1.29, 1.82) is 0 Å². The zero-order valence-electron chi connectivity index (χ0n) is 13.1. The second kappa shape index (κ2) is 7.09. The van der Waals surface area contributed by atoms with Crippen LogP contribution >= 0.6 is 0 Å². The minimum absolute atomic E-state index is 0.0663. The van der Waals surface area contributed by atoms with Gasteiger partial charge in [-0.15, -0.1) is 0 Å². The molecule has 0 spiro atoms. The van der Waals surface area contributed by atoms with Gasteiger partial charge in [-0.1, -0.05) is 11.6 Å². The van der Waals surface area contributed by atoms with Crippen molar-refractivity contribution in [3.8, 4) is 0 Å². The predicted molar refractivity (Wildman–Crippen MR) is 77.6 cm³/mol. The van der Waals surface area contributed by atoms with Gasteiger partial charge in [-0.2, -0.15) is 0 Å². The van der Waals surface area contributed by atoms with E-state index in [-0.39, 0.29) is 18.1 Å². The van der Waals surface area contributed by atoms with Gasteiger partial charge in [0, 0.05) is 19.8 Å². The first-order chi connectivity index (χ1) is 9.87. The largest absolute Gasteiger partial charge is 0.504 e. The van der Waals surface area contributed by atoms with E-state index < -0.39 is 11.9 Å². The molecule has 0 heterocycles. The van der Waals surface area contributed by atoms with E-state index in [1.165, 1.54) is 21.3 Å². The van der Waals surface area contributed by atoms with Gasteiger partial charge in [0.15, 0.2) is 17.6 Å². The quantitative estimate of drug-likeness (QED) is 0.508. The van der Waals surface area contributed by atoms with Gasteiger partial charge in [-0.3, -0.25) is 0 Å². The van der Waals surface area contributed by atoms with E-state index in [0.29, 0.717) is 17.6 Å². The summed E-state index contributed by atoms with van der Waals surface area (Å²) in [5.41, 5.74) is 1.69. The van der Waals surface area contributed by atoms with E-state index in [0.717, 1.165) is 5.57 Å². The molecule has 2 atom stereocenters. The van der Waals surface area contributed by atoms with Crippen molar-refractivity contribution < 1.29 is 29.5 Å². The molecular weight excluding hydrogens is 276 g/mol. The smallest absolute Gasteiger partial charge is 0.223 e. The zero-order chi connectivity index (χ0) is 16.2. The summed E-state index contributed by atoms with van der Waals surface area (Å²) >= 11 is 0. The Balaban J connectivity index is 3.37. The highest BCUT2D eigenvalue weighted by atomic mass is 16.7. The fraction of sp³-hybridized carbons (Fsp3) is 0.600. The van der Waals surface area contributed by atoms with Crippen LogP contribution in [0.1, 0.15) is 20.3 Å². The van der Waals surface area contributed by atoms with E-state index in [1.54, 1.807) is 19.9 Å². The van der Waals surface area contributed by atoms with Crippen LogP contribution in [0.15, 0.2) is 34.3 Å². The highest BCUT2D eigenvalue weighted by Gasteiger charge is 2.48. The Morgan fingerprint density at radius 2 is 1.95 bits per heavy atom. The summed E-state index contributed by atoms with van der Waals surface area (Å²) in [6.45, 7) is 3.37. The van der Waals surface area contributed by atoms with Crippen molar-refractivity contribution in [1.82, 2.24) is 0 Å². The molecule has 21 heavy (non-hydrogen) atoms. The van der Waals surface area contributed by atoms with E-state index in [9.17, 15) is 10.2 Å². The Bertz CT molecular complexity index is 477. The first-order valence-electron chi connectivity index (χ1n) is 6.61. The Hall–Kier alpha value is -1.34. The molecule has 2 unspecified atom stereocenters. The lowest BCUT2D eigenvalue weighted by atomic mass is 9.86. The molecule has 0 saturated carbocycles. The number of hydrogen-bond acceptors (Lipinski definition) is 6. The fourth-order valence-electron chi connectivity index (χ4n) is 2.36. The minimum atomic E-state index is -1.72. The zero-order valence-corrected chi connectivity index (χ0v) is 13.1. The summed E-state index contributed by atoms with van der Waals surface area (Å²) in [7, 11) is 4.15. The van der Waals surface area contributed by atoms with Crippen LogP contribution in [0.5, 0.6) is 0 Å². The number of rotatable bonds is 6. The third-order valence-electron chi connectivity index (χ3n) is 3.77. The van der Waals surface area contributed by atoms with Gasteiger partial charge in [0.05, 0.1) is 13.7 Å². The van der Waals surface area contributed by atoms with E-state index in [1.807, 2.05) is 0 Å². The number of aliphatic hydroxyl groups excluding tert-OH is 2. The van der Waals surface area contributed by atoms with Crippen LogP contribution < -0.4 is 0 Å². The Morgan fingerprint density at radius 1 is 1.33 bits per heavy atom. The molecule has 1 aliphatic rings. The molecule has 6 heteroatoms. The number of aliphatic hydroxyl groups is 3. The highest BCUT2D eigenvalue weighted by Crippen LogP contribution is 2.40. The maximum absolute atomic E-state index is 10.7. The van der Waals surface area contributed by atoms with Gasteiger partial charge in [0.1, 0.15) is 0 Å². The molecule has 0 aromatic rings. The lowest BCUT2D eigenvalue weighted by Gasteiger charge is -2.39. The molecule has 1 aliphatic carbocycles. The summed E-state index contributed by atoms with van der Waals surface area (Å²) < 4.78 is 15.6. The molecular formula is C15H24O6. The van der Waals surface area contributed by atoms with E-state index in [2.05, 4.69) is 0 Å². The third kappa shape index (κ3) is 3.13. The van der Waals surface area contributed by atoms with Gasteiger partial charge in [0.2, 0.25) is 5.79 Å². The number of hydrogen-bond donors (Lipinski definition) is 3. The number of allylic oxidation sites excluding steroid dienone is 2. The summed E-state index contributed by atoms with van der Waals surface area (Å²) in [5, 5.41) is 30.1. The summed E-state index contributed by atoms with van der Waals surface area (Å²) in [6, 6.07) is 0. The standard InChI is InChI=1S/C15H24O6/c1-9(8-16)6-7-11-10(2)15(18,21-5)14(20-4)13(19-3)12(11)17/h6,14,16-18H,7-8H2,1-5H3. The third-order valence-corrected chi connectivity index (χ3v) is 3.77. The normalized spacial score (nSPS) is 27.4. The summed E-state index contributed by atoms with van der Waals surface area (Å²) in [5.74, 6) is -1.69. The second-order valence-corrected chi connectivity index (χ2v) is 4.95. The van der Waals surface area contributed by atoms with Crippen LogP contribution in [0.2, 0.25) is 0 Å². The minimum Gasteiger partial charge on any atom is -0.504 e. The van der Waals surface area contributed by atoms with Crippen LogP contribution in [0, 0.1) is 0 Å². The van der Waals surface area contributed by atoms with Gasteiger partial charge in [-0.25, -0.2) is 0 Å². The molecule has 6 nitrogen and oxygen atoms in total. The Labute approximate surface area is 124 Å². The molecule has 0 radical (unpaired) electrons. The van der Waals surface area contributed by atoms with Crippen molar-refractivity contribution in [2.75, 3.05) is 27.9 Å². The Morgan fingerprint density at radius 3 is 2.38 bits per heavy atom. The molecule has 0 saturated heterocycles. The molecule has 1 rings (SSSR count). The number of methoxy groups -OCH3 is 3. The molecule has 120 valence electrons. The highest BCUT2D eigenvalue weighted by molar-refractivity contribution is 5.44. The molecule has 0 fully saturated rings. The van der Waals surface area contributed by atoms with Gasteiger partial charge < -0.3 is 29.5 Å². The molecule has 0 amide bonds. The number of ether oxygens (including phenoxy) is 3.